The molecule has 0 unspecified atom stereocenters. The van der Waals surface area contributed by atoms with Crippen LogP contribution in [0, 0.1) is 11.8 Å². The number of nitrogens with one attached hydrogen (secondary N) is 1. The van der Waals surface area contributed by atoms with Gasteiger partial charge in [-0.05, 0) is 13.0 Å². The van der Waals surface area contributed by atoms with E-state index in [0.29, 0.717) is 18.7 Å². The summed E-state index contributed by atoms with van der Waals surface area (Å²) in [5, 5.41) is 2.67. The third-order valence-electron chi connectivity index (χ3n) is 2.07. The van der Waals surface area contributed by atoms with Gasteiger partial charge in [-0.15, -0.1) is 11.8 Å². The fourth-order valence-corrected chi connectivity index (χ4v) is 1.27. The van der Waals surface area contributed by atoms with Gasteiger partial charge in [-0.25, -0.2) is 0 Å². The summed E-state index contributed by atoms with van der Waals surface area (Å²) in [7, 11) is 0. The third-order valence-corrected chi connectivity index (χ3v) is 2.07. The van der Waals surface area contributed by atoms with Crippen molar-refractivity contribution in [2.24, 2.45) is 0 Å². The standard InChI is InChI=1S/C12H15N3O2/c1-2-3-4-7-14-11(16)9-15-8-10(13)5-6-12(15)17/h5-6,8H,4,7,9,13H2,1H3,(H,14,16). The second kappa shape index (κ2) is 6.38. The summed E-state index contributed by atoms with van der Waals surface area (Å²) >= 11 is 0. The number of aromatic nitrogens is 1. The van der Waals surface area contributed by atoms with Gasteiger partial charge < -0.3 is 15.6 Å². The van der Waals surface area contributed by atoms with Crippen LogP contribution in [0.5, 0.6) is 0 Å². The summed E-state index contributed by atoms with van der Waals surface area (Å²) in [6, 6.07) is 2.85. The topological polar surface area (TPSA) is 77.1 Å². The van der Waals surface area contributed by atoms with Crippen molar-refractivity contribution in [2.75, 3.05) is 12.3 Å². The van der Waals surface area contributed by atoms with Crippen LogP contribution in [0.3, 0.4) is 0 Å². The van der Waals surface area contributed by atoms with Crippen molar-refractivity contribution in [3.05, 3.63) is 28.7 Å². The minimum atomic E-state index is -0.248. The number of nitrogens with zero attached hydrogens (tertiary/aromatic N) is 1. The van der Waals surface area contributed by atoms with Crippen LogP contribution in [-0.2, 0) is 11.3 Å². The Bertz CT molecular complexity index is 508. The van der Waals surface area contributed by atoms with Gasteiger partial charge in [0.25, 0.3) is 5.56 Å². The SMILES string of the molecule is CC#CCCNC(=O)Cn1cc(N)ccc1=O. The van der Waals surface area contributed by atoms with Gasteiger partial charge in [0.2, 0.25) is 5.91 Å². The first-order valence-electron chi connectivity index (χ1n) is 5.25. The molecule has 1 aromatic rings. The molecule has 0 aromatic carbocycles. The van der Waals surface area contributed by atoms with Crippen molar-refractivity contribution in [3.8, 4) is 11.8 Å². The molecule has 1 rings (SSSR count). The summed E-state index contributed by atoms with van der Waals surface area (Å²) in [5.41, 5.74) is 5.74. The molecule has 17 heavy (non-hydrogen) atoms. The van der Waals surface area contributed by atoms with Crippen LogP contribution in [0.15, 0.2) is 23.1 Å². The van der Waals surface area contributed by atoms with E-state index in [1.54, 1.807) is 6.92 Å². The molecule has 5 heteroatoms. The van der Waals surface area contributed by atoms with Crippen LogP contribution in [0.4, 0.5) is 5.69 Å². The molecular weight excluding hydrogens is 218 g/mol. The predicted molar refractivity (Wildman–Crippen MR) is 66.2 cm³/mol. The van der Waals surface area contributed by atoms with Crippen LogP contribution >= 0.6 is 0 Å². The lowest BCUT2D eigenvalue weighted by Gasteiger charge is -2.06. The molecule has 0 aliphatic rings. The number of nitrogens with two attached hydrogens (primary N) is 1. The Kier molecular flexibility index (Phi) is 4.82. The average Bonchev–Trinajstić information content (AvgIpc) is 2.29. The number of rotatable bonds is 4. The summed E-state index contributed by atoms with van der Waals surface area (Å²) in [6.07, 6.45) is 2.06. The van der Waals surface area contributed by atoms with Gasteiger partial charge in [0.1, 0.15) is 6.54 Å². The van der Waals surface area contributed by atoms with E-state index in [2.05, 4.69) is 17.2 Å². The first-order chi connectivity index (χ1) is 8.13. The molecule has 0 bridgehead atoms. The highest BCUT2D eigenvalue weighted by Crippen LogP contribution is 1.95. The third kappa shape index (κ3) is 4.43. The Labute approximate surface area is 99.6 Å². The molecule has 0 spiro atoms. The van der Waals surface area contributed by atoms with Crippen molar-refractivity contribution in [3.63, 3.8) is 0 Å². The predicted octanol–water partition coefficient (Wildman–Crippen LogP) is -0.0399. The van der Waals surface area contributed by atoms with E-state index in [1.165, 1.54) is 22.9 Å². The second-order valence-electron chi connectivity index (χ2n) is 3.46. The van der Waals surface area contributed by atoms with E-state index >= 15 is 0 Å². The monoisotopic (exact) mass is 233 g/mol. The van der Waals surface area contributed by atoms with Crippen LogP contribution in [0.1, 0.15) is 13.3 Å². The molecule has 0 fully saturated rings. The number of anilines is 1. The number of nitrogen functional groups attached to an aromatic ring is 1. The van der Waals surface area contributed by atoms with Gasteiger partial charge in [-0.2, -0.15) is 0 Å². The molecule has 3 N–H and O–H groups in total. The van der Waals surface area contributed by atoms with Gasteiger partial charge >= 0.3 is 0 Å². The maximum atomic E-state index is 11.5. The number of carbonyl (C=O) groups is 1. The van der Waals surface area contributed by atoms with Crippen molar-refractivity contribution in [1.29, 1.82) is 0 Å². The van der Waals surface area contributed by atoms with Gasteiger partial charge in [0, 0.05) is 30.9 Å². The highest BCUT2D eigenvalue weighted by atomic mass is 16.2. The average molecular weight is 233 g/mol. The molecule has 0 saturated carbocycles. The zero-order valence-corrected chi connectivity index (χ0v) is 9.69. The van der Waals surface area contributed by atoms with Crippen molar-refractivity contribution in [2.45, 2.75) is 19.9 Å². The van der Waals surface area contributed by atoms with E-state index in [1.807, 2.05) is 0 Å². The molecular formula is C12H15N3O2. The number of hydrogen-bond acceptors (Lipinski definition) is 3. The second-order valence-corrected chi connectivity index (χ2v) is 3.46. The summed E-state index contributed by atoms with van der Waals surface area (Å²) in [4.78, 5) is 22.9. The van der Waals surface area contributed by atoms with E-state index in [0.717, 1.165) is 0 Å². The van der Waals surface area contributed by atoms with Gasteiger partial charge in [-0.1, -0.05) is 0 Å². The normalized spacial score (nSPS) is 9.24. The van der Waals surface area contributed by atoms with E-state index in [9.17, 15) is 9.59 Å². The number of carbonyl (C=O) groups excluding carboxylic acids is 1. The smallest absolute Gasteiger partial charge is 0.251 e. The molecule has 0 radical (unpaired) electrons. The zero-order chi connectivity index (χ0) is 12.7. The maximum absolute atomic E-state index is 11.5. The highest BCUT2D eigenvalue weighted by Gasteiger charge is 2.03. The minimum absolute atomic E-state index is 0.0244. The molecule has 0 aliphatic carbocycles. The van der Waals surface area contributed by atoms with Crippen LogP contribution in [-0.4, -0.2) is 17.0 Å². The van der Waals surface area contributed by atoms with Crippen LogP contribution < -0.4 is 16.6 Å². The first kappa shape index (κ1) is 12.8. The quantitative estimate of drug-likeness (QED) is 0.566. The molecule has 0 atom stereocenters. The Balaban J connectivity index is 2.52. The lowest BCUT2D eigenvalue weighted by Crippen LogP contribution is -2.32. The fraction of sp³-hybridized carbons (Fsp3) is 0.333. The zero-order valence-electron chi connectivity index (χ0n) is 9.69. The molecule has 1 amide bonds. The van der Waals surface area contributed by atoms with Gasteiger partial charge in [0.05, 0.1) is 0 Å². The van der Waals surface area contributed by atoms with Gasteiger partial charge in [0.15, 0.2) is 0 Å². The number of hydrogen-bond donors (Lipinski definition) is 2. The Hall–Kier alpha value is -2.22. The Morgan fingerprint density at radius 1 is 1.53 bits per heavy atom. The number of pyridine rings is 1. The minimum Gasteiger partial charge on any atom is -0.398 e. The van der Waals surface area contributed by atoms with Crippen molar-refractivity contribution < 1.29 is 4.79 Å². The van der Waals surface area contributed by atoms with Crippen LogP contribution in [0.25, 0.3) is 0 Å². The Morgan fingerprint density at radius 3 is 3.00 bits per heavy atom. The molecule has 90 valence electrons. The first-order valence-corrected chi connectivity index (χ1v) is 5.25. The largest absolute Gasteiger partial charge is 0.398 e. The summed E-state index contributed by atoms with van der Waals surface area (Å²) in [5.74, 6) is 5.34. The fourth-order valence-electron chi connectivity index (χ4n) is 1.27. The lowest BCUT2D eigenvalue weighted by molar-refractivity contribution is -0.121. The lowest BCUT2D eigenvalue weighted by atomic mass is 10.4. The van der Waals surface area contributed by atoms with Crippen LogP contribution in [0.2, 0.25) is 0 Å². The maximum Gasteiger partial charge on any atom is 0.251 e. The highest BCUT2D eigenvalue weighted by molar-refractivity contribution is 5.75. The van der Waals surface area contributed by atoms with Gasteiger partial charge in [-0.3, -0.25) is 9.59 Å². The molecule has 0 aliphatic heterocycles. The van der Waals surface area contributed by atoms with E-state index in [4.69, 9.17) is 5.73 Å². The molecule has 1 aromatic heterocycles. The van der Waals surface area contributed by atoms with E-state index < -0.39 is 0 Å². The summed E-state index contributed by atoms with van der Waals surface area (Å²) in [6.45, 7) is 2.20. The summed E-state index contributed by atoms with van der Waals surface area (Å²) < 4.78 is 1.27. The van der Waals surface area contributed by atoms with E-state index in [-0.39, 0.29) is 18.0 Å². The molecule has 1 heterocycles. The number of amides is 1. The molecule has 5 nitrogen and oxygen atoms in total. The Morgan fingerprint density at radius 2 is 2.29 bits per heavy atom. The molecule has 0 saturated heterocycles. The van der Waals surface area contributed by atoms with Crippen molar-refractivity contribution in [1.82, 2.24) is 9.88 Å². The van der Waals surface area contributed by atoms with Crippen molar-refractivity contribution >= 4 is 11.6 Å².